The van der Waals surface area contributed by atoms with Gasteiger partial charge in [-0.25, -0.2) is 17.5 Å². The molecule has 2 N–H and O–H groups in total. The molecule has 2 aromatic heterocycles. The van der Waals surface area contributed by atoms with Gasteiger partial charge in [0.15, 0.2) is 0 Å². The highest BCUT2D eigenvalue weighted by atomic mass is 32.2. The molecule has 138 valence electrons. The number of sulfonamides is 1. The van der Waals surface area contributed by atoms with E-state index in [1.165, 1.54) is 36.5 Å². The molecule has 0 saturated carbocycles. The maximum atomic E-state index is 13.0. The molecule has 0 aliphatic rings. The Bertz CT molecular complexity index is 978. The molecule has 0 atom stereocenters. The number of aromatic amines is 1. The zero-order valence-electron chi connectivity index (χ0n) is 14.4. The smallest absolute Gasteiger partial charge is 0.264 e. The lowest BCUT2D eigenvalue weighted by molar-refractivity contribution is 0.551. The van der Waals surface area contributed by atoms with Gasteiger partial charge in [-0.2, -0.15) is 0 Å². The summed E-state index contributed by atoms with van der Waals surface area (Å²) in [4.78, 5) is 2.92. The Morgan fingerprint density at radius 2 is 1.88 bits per heavy atom. The number of nitrogens with zero attached hydrogens (tertiary/aromatic N) is 2. The van der Waals surface area contributed by atoms with Crippen LogP contribution in [0.5, 0.6) is 0 Å². The first kappa shape index (κ1) is 18.3. The van der Waals surface area contributed by atoms with Gasteiger partial charge < -0.3 is 9.40 Å². The summed E-state index contributed by atoms with van der Waals surface area (Å²) in [5, 5.41) is 7.82. The SMILES string of the molecule is CC(C)CCNS(=O)(=O)c1c[nH]c(-c2nnc(-c3ccc(F)cc3)o2)c1. The summed E-state index contributed by atoms with van der Waals surface area (Å²) in [6.45, 7) is 4.42. The largest absolute Gasteiger partial charge is 0.415 e. The molecule has 7 nitrogen and oxygen atoms in total. The normalized spacial score (nSPS) is 12.0. The van der Waals surface area contributed by atoms with Crippen molar-refractivity contribution in [2.24, 2.45) is 5.92 Å². The van der Waals surface area contributed by atoms with E-state index in [-0.39, 0.29) is 22.5 Å². The second-order valence-corrected chi connectivity index (χ2v) is 8.02. The summed E-state index contributed by atoms with van der Waals surface area (Å²) < 4.78 is 45.7. The van der Waals surface area contributed by atoms with Gasteiger partial charge in [-0.3, -0.25) is 0 Å². The number of H-pyrrole nitrogens is 1. The highest BCUT2D eigenvalue weighted by molar-refractivity contribution is 7.89. The van der Waals surface area contributed by atoms with Crippen molar-refractivity contribution in [3.05, 3.63) is 42.3 Å². The topological polar surface area (TPSA) is 101 Å². The summed E-state index contributed by atoms with van der Waals surface area (Å²) in [6, 6.07) is 7.06. The van der Waals surface area contributed by atoms with Crippen LogP contribution in [0.4, 0.5) is 4.39 Å². The van der Waals surface area contributed by atoms with E-state index in [1.54, 1.807) is 0 Å². The Morgan fingerprint density at radius 1 is 1.19 bits per heavy atom. The van der Waals surface area contributed by atoms with Gasteiger partial charge in [-0.15, -0.1) is 10.2 Å². The third-order valence-corrected chi connectivity index (χ3v) is 5.17. The van der Waals surface area contributed by atoms with E-state index in [2.05, 4.69) is 19.9 Å². The lowest BCUT2D eigenvalue weighted by atomic mass is 10.1. The first-order chi connectivity index (χ1) is 12.3. The molecule has 0 aliphatic heterocycles. The van der Waals surface area contributed by atoms with Crippen molar-refractivity contribution in [1.29, 1.82) is 0 Å². The molecule has 9 heteroatoms. The first-order valence-corrected chi connectivity index (χ1v) is 9.61. The minimum Gasteiger partial charge on any atom is -0.415 e. The Hall–Kier alpha value is -2.52. The van der Waals surface area contributed by atoms with Gasteiger partial charge in [-0.1, -0.05) is 13.8 Å². The van der Waals surface area contributed by atoms with Crippen LogP contribution in [0.2, 0.25) is 0 Å². The second kappa shape index (κ2) is 7.38. The fourth-order valence-corrected chi connectivity index (χ4v) is 3.30. The van der Waals surface area contributed by atoms with Crippen LogP contribution in [0.3, 0.4) is 0 Å². The van der Waals surface area contributed by atoms with Crippen molar-refractivity contribution < 1.29 is 17.2 Å². The second-order valence-electron chi connectivity index (χ2n) is 6.25. The minimum absolute atomic E-state index is 0.0952. The van der Waals surface area contributed by atoms with Gasteiger partial charge in [0.25, 0.3) is 5.89 Å². The molecule has 0 unspecified atom stereocenters. The Kier molecular flexibility index (Phi) is 5.19. The molecule has 0 saturated heterocycles. The quantitative estimate of drug-likeness (QED) is 0.657. The van der Waals surface area contributed by atoms with Crippen molar-refractivity contribution in [3.8, 4) is 23.0 Å². The molecule has 0 aliphatic carbocycles. The predicted octanol–water partition coefficient (Wildman–Crippen LogP) is 3.20. The van der Waals surface area contributed by atoms with Crippen LogP contribution in [-0.2, 0) is 10.0 Å². The molecular formula is C17H19FN4O3S. The minimum atomic E-state index is -3.61. The van der Waals surface area contributed by atoms with Gasteiger partial charge in [-0.05, 0) is 42.7 Å². The molecule has 3 aromatic rings. The number of aromatic nitrogens is 3. The van der Waals surface area contributed by atoms with Crippen molar-refractivity contribution >= 4 is 10.0 Å². The van der Waals surface area contributed by atoms with Crippen molar-refractivity contribution in [2.75, 3.05) is 6.54 Å². The van der Waals surface area contributed by atoms with E-state index in [0.717, 1.165) is 6.42 Å². The zero-order chi connectivity index (χ0) is 18.7. The van der Waals surface area contributed by atoms with E-state index in [4.69, 9.17) is 4.42 Å². The Balaban J connectivity index is 1.77. The third kappa shape index (κ3) is 4.17. The fourth-order valence-electron chi connectivity index (χ4n) is 2.26. The van der Waals surface area contributed by atoms with Crippen LogP contribution < -0.4 is 4.72 Å². The van der Waals surface area contributed by atoms with Gasteiger partial charge in [0, 0.05) is 18.3 Å². The van der Waals surface area contributed by atoms with E-state index in [0.29, 0.717) is 23.7 Å². The monoisotopic (exact) mass is 378 g/mol. The van der Waals surface area contributed by atoms with Crippen LogP contribution in [0.25, 0.3) is 23.0 Å². The van der Waals surface area contributed by atoms with Gasteiger partial charge in [0.1, 0.15) is 16.4 Å². The maximum Gasteiger partial charge on any atom is 0.264 e. The number of hydrogen-bond donors (Lipinski definition) is 2. The van der Waals surface area contributed by atoms with Crippen LogP contribution in [0.1, 0.15) is 20.3 Å². The molecular weight excluding hydrogens is 359 g/mol. The molecule has 0 amide bonds. The van der Waals surface area contributed by atoms with E-state index in [1.807, 2.05) is 13.8 Å². The fraction of sp³-hybridized carbons (Fsp3) is 0.294. The van der Waals surface area contributed by atoms with E-state index >= 15 is 0 Å². The summed E-state index contributed by atoms with van der Waals surface area (Å²) >= 11 is 0. The van der Waals surface area contributed by atoms with E-state index < -0.39 is 10.0 Å². The number of halogens is 1. The summed E-state index contributed by atoms with van der Waals surface area (Å²) in [6.07, 6.45) is 2.12. The van der Waals surface area contributed by atoms with Crippen LogP contribution in [0, 0.1) is 11.7 Å². The number of nitrogens with one attached hydrogen (secondary N) is 2. The summed E-state index contributed by atoms with van der Waals surface area (Å²) in [5.41, 5.74) is 0.954. The van der Waals surface area contributed by atoms with Gasteiger partial charge in [0.05, 0.1) is 0 Å². The molecule has 1 aromatic carbocycles. The van der Waals surface area contributed by atoms with Crippen molar-refractivity contribution in [3.63, 3.8) is 0 Å². The molecule has 3 rings (SSSR count). The Morgan fingerprint density at radius 3 is 2.58 bits per heavy atom. The highest BCUT2D eigenvalue weighted by Crippen LogP contribution is 2.25. The summed E-state index contributed by atoms with van der Waals surface area (Å²) in [7, 11) is -3.61. The third-order valence-electron chi connectivity index (χ3n) is 3.73. The average molecular weight is 378 g/mol. The lowest BCUT2D eigenvalue weighted by Crippen LogP contribution is -2.25. The number of rotatable bonds is 7. The van der Waals surface area contributed by atoms with Gasteiger partial charge >= 0.3 is 0 Å². The van der Waals surface area contributed by atoms with Gasteiger partial charge in [0.2, 0.25) is 15.9 Å². The van der Waals surface area contributed by atoms with Crippen LogP contribution in [0.15, 0.2) is 45.8 Å². The van der Waals surface area contributed by atoms with Crippen LogP contribution in [-0.4, -0.2) is 30.1 Å². The molecule has 0 fully saturated rings. The molecule has 0 radical (unpaired) electrons. The molecule has 0 spiro atoms. The zero-order valence-corrected chi connectivity index (χ0v) is 15.2. The molecule has 26 heavy (non-hydrogen) atoms. The summed E-state index contributed by atoms with van der Waals surface area (Å²) in [5.74, 6) is 0.405. The predicted molar refractivity (Wildman–Crippen MR) is 94.1 cm³/mol. The van der Waals surface area contributed by atoms with Crippen LogP contribution >= 0.6 is 0 Å². The standard InChI is InChI=1S/C17H19FN4O3S/c1-11(2)7-8-20-26(23,24)14-9-15(19-10-14)17-22-21-16(25-17)12-3-5-13(18)6-4-12/h3-6,9-11,19-20H,7-8H2,1-2H3. The first-order valence-electron chi connectivity index (χ1n) is 8.13. The lowest BCUT2D eigenvalue weighted by Gasteiger charge is -2.06. The van der Waals surface area contributed by atoms with Crippen molar-refractivity contribution in [2.45, 2.75) is 25.2 Å². The van der Waals surface area contributed by atoms with Crippen molar-refractivity contribution in [1.82, 2.24) is 19.9 Å². The Labute approximate surface area is 150 Å². The average Bonchev–Trinajstić information content (AvgIpc) is 3.24. The number of benzene rings is 1. The highest BCUT2D eigenvalue weighted by Gasteiger charge is 2.19. The molecule has 0 bridgehead atoms. The van der Waals surface area contributed by atoms with E-state index in [9.17, 15) is 12.8 Å². The maximum absolute atomic E-state index is 13.0. The molecule has 2 heterocycles. The number of hydrogen-bond acceptors (Lipinski definition) is 5.